The lowest BCUT2D eigenvalue weighted by Gasteiger charge is -2.16. The molecular weight excluding hydrogens is 809 g/mol. The van der Waals surface area contributed by atoms with Crippen molar-refractivity contribution in [3.8, 4) is 5.75 Å². The summed E-state index contributed by atoms with van der Waals surface area (Å²) >= 11 is 2.28. The predicted octanol–water partition coefficient (Wildman–Crippen LogP) is 9.98. The number of esters is 1. The monoisotopic (exact) mass is 852 g/mol. The molecule has 11 nitrogen and oxygen atoms in total. The first-order valence-electron chi connectivity index (χ1n) is 19.5. The van der Waals surface area contributed by atoms with Crippen LogP contribution in [0.15, 0.2) is 150 Å². The number of thioether (sulfide) groups is 1. The second-order valence-corrected chi connectivity index (χ2v) is 15.8. The molecular formula is C48H44N4O7S2. The van der Waals surface area contributed by atoms with Gasteiger partial charge in [0.1, 0.15) is 23.1 Å². The second-order valence-electron chi connectivity index (χ2n) is 13.5. The van der Waals surface area contributed by atoms with E-state index in [4.69, 9.17) is 9.47 Å². The summed E-state index contributed by atoms with van der Waals surface area (Å²) in [4.78, 5) is 68.3. The van der Waals surface area contributed by atoms with Crippen LogP contribution in [-0.2, 0) is 20.9 Å². The lowest BCUT2D eigenvalue weighted by atomic mass is 10.1. The van der Waals surface area contributed by atoms with Crippen LogP contribution in [0.3, 0.4) is 0 Å². The number of thiophene rings is 1. The van der Waals surface area contributed by atoms with Crippen molar-refractivity contribution in [2.75, 3.05) is 22.6 Å². The van der Waals surface area contributed by atoms with Gasteiger partial charge in [-0.15, -0.1) is 23.1 Å². The Hall–Kier alpha value is -6.96. The third kappa shape index (κ3) is 12.1. The van der Waals surface area contributed by atoms with Gasteiger partial charge >= 0.3 is 5.97 Å². The van der Waals surface area contributed by atoms with E-state index in [-0.39, 0.29) is 33.7 Å². The van der Waals surface area contributed by atoms with Gasteiger partial charge in [0, 0.05) is 21.8 Å². The summed E-state index contributed by atoms with van der Waals surface area (Å²) < 4.78 is 11.2. The minimum atomic E-state index is -0.646. The molecule has 0 aliphatic rings. The molecule has 310 valence electrons. The number of carbonyl (C=O) groups excluding carboxylic acids is 5. The average Bonchev–Trinajstić information content (AvgIpc) is 3.61. The molecule has 0 bridgehead atoms. The van der Waals surface area contributed by atoms with Crippen molar-refractivity contribution in [2.45, 2.75) is 43.9 Å². The highest BCUT2D eigenvalue weighted by molar-refractivity contribution is 8.00. The Morgan fingerprint density at radius 2 is 1.38 bits per heavy atom. The van der Waals surface area contributed by atoms with Crippen molar-refractivity contribution in [2.24, 2.45) is 0 Å². The van der Waals surface area contributed by atoms with E-state index in [1.165, 1.54) is 11.8 Å². The first-order chi connectivity index (χ1) is 29.6. The number of amides is 4. The van der Waals surface area contributed by atoms with Gasteiger partial charge in [0.25, 0.3) is 17.7 Å². The molecule has 61 heavy (non-hydrogen) atoms. The molecule has 1 unspecified atom stereocenters. The van der Waals surface area contributed by atoms with Crippen LogP contribution in [0.25, 0.3) is 6.08 Å². The van der Waals surface area contributed by atoms with Gasteiger partial charge in [-0.1, -0.05) is 91.9 Å². The molecule has 1 heterocycles. The molecule has 0 aliphatic carbocycles. The second kappa shape index (κ2) is 21.3. The van der Waals surface area contributed by atoms with E-state index in [0.29, 0.717) is 51.7 Å². The first-order valence-corrected chi connectivity index (χ1v) is 21.2. The van der Waals surface area contributed by atoms with E-state index >= 15 is 0 Å². The SMILES string of the molecule is CCOC(=O)c1c(NC(=O)C(CC)Sc2cccc(NC(=O)/C(=C\c3ccc(OCc4ccccc4)cc3)NC(=O)c3ccccc3)c2)sc(C(=O)Nc2ccccc2)c1C. The molecule has 0 saturated carbocycles. The van der Waals surface area contributed by atoms with E-state index in [1.54, 1.807) is 117 Å². The number of para-hydroxylation sites is 1. The van der Waals surface area contributed by atoms with Gasteiger partial charge in [-0.25, -0.2) is 4.79 Å². The van der Waals surface area contributed by atoms with E-state index in [9.17, 15) is 24.0 Å². The lowest BCUT2D eigenvalue weighted by Crippen LogP contribution is -2.30. The Kier molecular flexibility index (Phi) is 15.3. The summed E-state index contributed by atoms with van der Waals surface area (Å²) in [5.41, 5.74) is 3.62. The van der Waals surface area contributed by atoms with Crippen LogP contribution < -0.4 is 26.0 Å². The van der Waals surface area contributed by atoms with Crippen molar-refractivity contribution in [3.63, 3.8) is 0 Å². The van der Waals surface area contributed by atoms with Crippen molar-refractivity contribution < 1.29 is 33.4 Å². The number of nitrogens with one attached hydrogen (secondary N) is 4. The Labute approximate surface area is 362 Å². The fourth-order valence-corrected chi connectivity index (χ4v) is 8.12. The number of anilines is 3. The average molecular weight is 853 g/mol. The van der Waals surface area contributed by atoms with Gasteiger partial charge in [-0.2, -0.15) is 0 Å². The van der Waals surface area contributed by atoms with E-state index in [1.807, 2.05) is 49.4 Å². The van der Waals surface area contributed by atoms with Crippen molar-refractivity contribution >= 4 is 75.1 Å². The van der Waals surface area contributed by atoms with Gasteiger partial charge < -0.3 is 30.7 Å². The maximum absolute atomic E-state index is 13.9. The highest BCUT2D eigenvalue weighted by atomic mass is 32.2. The summed E-state index contributed by atoms with van der Waals surface area (Å²) in [6, 6.07) is 41.5. The Bertz CT molecular complexity index is 2510. The molecule has 0 radical (unpaired) electrons. The number of carbonyl (C=O) groups is 5. The highest BCUT2D eigenvalue weighted by Crippen LogP contribution is 2.36. The fraction of sp³-hybridized carbons (Fsp3) is 0.146. The molecule has 6 rings (SSSR count). The quantitative estimate of drug-likeness (QED) is 0.0402. The van der Waals surface area contributed by atoms with Crippen LogP contribution in [0.2, 0.25) is 0 Å². The number of hydrogen-bond acceptors (Lipinski definition) is 9. The summed E-state index contributed by atoms with van der Waals surface area (Å²) in [6.07, 6.45) is 2.00. The largest absolute Gasteiger partial charge is 0.489 e. The Morgan fingerprint density at radius 3 is 2.05 bits per heavy atom. The third-order valence-electron chi connectivity index (χ3n) is 9.10. The van der Waals surface area contributed by atoms with Crippen molar-refractivity contribution in [3.05, 3.63) is 178 Å². The molecule has 1 atom stereocenters. The van der Waals surface area contributed by atoms with Crippen molar-refractivity contribution in [1.82, 2.24) is 5.32 Å². The molecule has 1 aromatic heterocycles. The standard InChI is InChI=1S/C48H44N4O7S2/c1-4-40(45(55)52-47-41(48(57)58-5-2)31(3)42(61-47)46(56)49-35-20-13-8-14-21-35)60-38-23-15-22-36(29-38)50-44(54)39(51-43(53)34-18-11-7-12-19-34)28-32-24-26-37(27-25-32)59-30-33-16-9-6-10-17-33/h6-29,40H,4-5,30H2,1-3H3,(H,49,56)(H,50,54)(H,51,53)(H,52,55)/b39-28+. The minimum absolute atomic E-state index is 0.0103. The molecule has 0 spiro atoms. The van der Waals surface area contributed by atoms with E-state index < -0.39 is 28.9 Å². The van der Waals surface area contributed by atoms with Crippen LogP contribution in [0.1, 0.15) is 67.3 Å². The van der Waals surface area contributed by atoms with Crippen LogP contribution in [0.5, 0.6) is 5.75 Å². The maximum atomic E-state index is 13.9. The maximum Gasteiger partial charge on any atom is 0.341 e. The zero-order valence-corrected chi connectivity index (χ0v) is 35.4. The van der Waals surface area contributed by atoms with E-state index in [2.05, 4.69) is 21.3 Å². The van der Waals surface area contributed by atoms with Gasteiger partial charge in [0.2, 0.25) is 5.91 Å². The zero-order chi connectivity index (χ0) is 43.1. The Morgan fingerprint density at radius 1 is 0.721 bits per heavy atom. The van der Waals surface area contributed by atoms with Gasteiger partial charge in [-0.3, -0.25) is 19.2 Å². The van der Waals surface area contributed by atoms with Gasteiger partial charge in [-0.05, 0) is 97.6 Å². The summed E-state index contributed by atoms with van der Waals surface area (Å²) in [5, 5.41) is 11.0. The van der Waals surface area contributed by atoms with Crippen molar-refractivity contribution in [1.29, 1.82) is 0 Å². The zero-order valence-electron chi connectivity index (χ0n) is 33.7. The third-order valence-corrected chi connectivity index (χ3v) is 11.7. The number of rotatable bonds is 17. The van der Waals surface area contributed by atoms with Gasteiger partial charge in [0.15, 0.2) is 0 Å². The molecule has 0 fully saturated rings. The van der Waals surface area contributed by atoms with Crippen LogP contribution >= 0.6 is 23.1 Å². The highest BCUT2D eigenvalue weighted by Gasteiger charge is 2.29. The molecule has 0 saturated heterocycles. The topological polar surface area (TPSA) is 152 Å². The van der Waals surface area contributed by atoms with E-state index in [0.717, 1.165) is 16.9 Å². The first kappa shape index (κ1) is 43.6. The normalized spacial score (nSPS) is 11.5. The number of benzene rings is 5. The number of hydrogen-bond donors (Lipinski definition) is 4. The summed E-state index contributed by atoms with van der Waals surface area (Å²) in [6.45, 7) is 5.71. The lowest BCUT2D eigenvalue weighted by molar-refractivity contribution is -0.116. The Balaban J connectivity index is 1.17. The van der Waals surface area contributed by atoms with Crippen LogP contribution in [0, 0.1) is 6.92 Å². The molecule has 4 N–H and O–H groups in total. The summed E-state index contributed by atoms with van der Waals surface area (Å²) in [5.74, 6) is -1.81. The molecule has 13 heteroatoms. The predicted molar refractivity (Wildman–Crippen MR) is 242 cm³/mol. The molecule has 5 aromatic carbocycles. The smallest absolute Gasteiger partial charge is 0.341 e. The fourth-order valence-electron chi connectivity index (χ4n) is 6.01. The van der Waals surface area contributed by atoms with Crippen LogP contribution in [-0.4, -0.2) is 41.5 Å². The van der Waals surface area contributed by atoms with Gasteiger partial charge in [0.05, 0.1) is 22.3 Å². The molecule has 0 aliphatic heterocycles. The van der Waals surface area contributed by atoms with Crippen LogP contribution in [0.4, 0.5) is 16.4 Å². The summed E-state index contributed by atoms with van der Waals surface area (Å²) in [7, 11) is 0. The molecule has 6 aromatic rings. The molecule has 4 amide bonds. The minimum Gasteiger partial charge on any atom is -0.489 e. The number of ether oxygens (including phenoxy) is 2.